The second-order valence-electron chi connectivity index (χ2n) is 5.53. The highest BCUT2D eigenvalue weighted by molar-refractivity contribution is 7.89. The molecule has 0 bridgehead atoms. The van der Waals surface area contributed by atoms with Gasteiger partial charge in [0.05, 0.1) is 17.1 Å². The number of ether oxygens (including phenoxy) is 1. The molecule has 0 amide bonds. The summed E-state index contributed by atoms with van der Waals surface area (Å²) >= 11 is 0. The molecule has 0 aliphatic carbocycles. The Hall–Kier alpha value is -2.86. The standard InChI is InChI=1S/C16H15F3N4O4S/c1-2-23-9-3-4-13(23)15-21-14(27-22-15)10-20-28(24,25)12-7-5-11(6-8-12)26-16(17,18)19/h3-9,20H,2,10H2,1H3. The van der Waals surface area contributed by atoms with Gasteiger partial charge in [0, 0.05) is 12.7 Å². The van der Waals surface area contributed by atoms with Gasteiger partial charge in [0.2, 0.25) is 21.7 Å². The summed E-state index contributed by atoms with van der Waals surface area (Å²) in [7, 11) is -4.00. The Morgan fingerprint density at radius 1 is 1.21 bits per heavy atom. The molecule has 8 nitrogen and oxygen atoms in total. The van der Waals surface area contributed by atoms with Gasteiger partial charge in [0.15, 0.2) is 0 Å². The molecular weight excluding hydrogens is 401 g/mol. The lowest BCUT2D eigenvalue weighted by atomic mass is 10.3. The van der Waals surface area contributed by atoms with Crippen LogP contribution in [0.3, 0.4) is 0 Å². The summed E-state index contributed by atoms with van der Waals surface area (Å²) in [5.74, 6) is -0.166. The topological polar surface area (TPSA) is 99.2 Å². The number of nitrogens with one attached hydrogen (secondary N) is 1. The zero-order valence-electron chi connectivity index (χ0n) is 14.5. The third-order valence-electron chi connectivity index (χ3n) is 3.65. The maximum atomic E-state index is 12.3. The molecule has 12 heteroatoms. The fourth-order valence-electron chi connectivity index (χ4n) is 2.38. The number of halogens is 3. The van der Waals surface area contributed by atoms with Crippen molar-refractivity contribution in [3.8, 4) is 17.3 Å². The number of rotatable bonds is 7. The molecular formula is C16H15F3N4O4S. The first-order chi connectivity index (χ1) is 13.2. The van der Waals surface area contributed by atoms with E-state index in [2.05, 4.69) is 19.6 Å². The largest absolute Gasteiger partial charge is 0.573 e. The van der Waals surface area contributed by atoms with Gasteiger partial charge in [-0.05, 0) is 43.3 Å². The van der Waals surface area contributed by atoms with Crippen molar-refractivity contribution in [3.63, 3.8) is 0 Å². The Kier molecular flexibility index (Phi) is 5.42. The number of benzene rings is 1. The molecule has 3 rings (SSSR count). The quantitative estimate of drug-likeness (QED) is 0.636. The maximum Gasteiger partial charge on any atom is 0.573 e. The number of hydrogen-bond acceptors (Lipinski definition) is 6. The van der Waals surface area contributed by atoms with Crippen molar-refractivity contribution < 1.29 is 30.8 Å². The van der Waals surface area contributed by atoms with Crippen molar-refractivity contribution in [2.45, 2.75) is 31.3 Å². The SMILES string of the molecule is CCn1cccc1-c1noc(CNS(=O)(=O)c2ccc(OC(F)(F)F)cc2)n1. The molecule has 0 atom stereocenters. The highest BCUT2D eigenvalue weighted by Gasteiger charge is 2.31. The van der Waals surface area contributed by atoms with Gasteiger partial charge in [-0.25, -0.2) is 13.1 Å². The monoisotopic (exact) mass is 416 g/mol. The minimum absolute atomic E-state index is 0.0412. The van der Waals surface area contributed by atoms with Crippen LogP contribution in [0.15, 0.2) is 52.0 Å². The van der Waals surface area contributed by atoms with Crippen LogP contribution >= 0.6 is 0 Å². The summed E-state index contributed by atoms with van der Waals surface area (Å²) in [6, 6.07) is 7.43. The average Bonchev–Trinajstić information content (AvgIpc) is 3.28. The lowest BCUT2D eigenvalue weighted by molar-refractivity contribution is -0.274. The first-order valence-electron chi connectivity index (χ1n) is 8.01. The van der Waals surface area contributed by atoms with E-state index in [0.29, 0.717) is 12.4 Å². The Bertz CT molecular complexity index is 1040. The van der Waals surface area contributed by atoms with Crippen molar-refractivity contribution in [3.05, 3.63) is 48.5 Å². The fraction of sp³-hybridized carbons (Fsp3) is 0.250. The van der Waals surface area contributed by atoms with Crippen molar-refractivity contribution in [1.82, 2.24) is 19.4 Å². The van der Waals surface area contributed by atoms with E-state index in [1.807, 2.05) is 23.8 Å². The van der Waals surface area contributed by atoms with E-state index in [-0.39, 0.29) is 17.3 Å². The molecule has 0 saturated heterocycles. The summed E-state index contributed by atoms with van der Waals surface area (Å²) in [5.41, 5.74) is 0.723. The minimum atomic E-state index is -4.86. The molecule has 2 aromatic heterocycles. The fourth-order valence-corrected chi connectivity index (χ4v) is 3.36. The van der Waals surface area contributed by atoms with Crippen LogP contribution in [0.5, 0.6) is 5.75 Å². The molecule has 0 unspecified atom stereocenters. The molecule has 0 aliphatic heterocycles. The summed E-state index contributed by atoms with van der Waals surface area (Å²) in [6.45, 7) is 2.37. The van der Waals surface area contributed by atoms with Gasteiger partial charge in [-0.3, -0.25) is 0 Å². The Morgan fingerprint density at radius 3 is 2.57 bits per heavy atom. The second kappa shape index (κ2) is 7.64. The van der Waals surface area contributed by atoms with Crippen LogP contribution in [0.25, 0.3) is 11.5 Å². The molecule has 1 aromatic carbocycles. The normalized spacial score (nSPS) is 12.3. The molecule has 150 valence electrons. The van der Waals surface area contributed by atoms with Crippen molar-refractivity contribution in [1.29, 1.82) is 0 Å². The van der Waals surface area contributed by atoms with E-state index < -0.39 is 22.1 Å². The van der Waals surface area contributed by atoms with Crippen LogP contribution in [0, 0.1) is 0 Å². The first kappa shape index (κ1) is 19.9. The Morgan fingerprint density at radius 2 is 1.93 bits per heavy atom. The zero-order chi connectivity index (χ0) is 20.4. The molecule has 28 heavy (non-hydrogen) atoms. The predicted octanol–water partition coefficient (Wildman–Crippen LogP) is 2.94. The van der Waals surface area contributed by atoms with Gasteiger partial charge in [-0.1, -0.05) is 5.16 Å². The highest BCUT2D eigenvalue weighted by atomic mass is 32.2. The molecule has 0 saturated carbocycles. The lowest BCUT2D eigenvalue weighted by Crippen LogP contribution is -2.23. The molecule has 0 radical (unpaired) electrons. The van der Waals surface area contributed by atoms with Gasteiger partial charge in [0.1, 0.15) is 5.75 Å². The zero-order valence-corrected chi connectivity index (χ0v) is 15.3. The molecule has 0 aliphatic rings. The van der Waals surface area contributed by atoms with Crippen LogP contribution in [-0.4, -0.2) is 29.5 Å². The number of aryl methyl sites for hydroxylation is 1. The third kappa shape index (κ3) is 4.70. The molecule has 0 spiro atoms. The Balaban J connectivity index is 1.67. The summed E-state index contributed by atoms with van der Waals surface area (Å²) < 4.78 is 73.9. The van der Waals surface area contributed by atoms with Crippen LogP contribution in [-0.2, 0) is 23.1 Å². The number of alkyl halides is 3. The first-order valence-corrected chi connectivity index (χ1v) is 9.50. The van der Waals surface area contributed by atoms with Gasteiger partial charge >= 0.3 is 6.36 Å². The van der Waals surface area contributed by atoms with Crippen LogP contribution in [0.2, 0.25) is 0 Å². The van der Waals surface area contributed by atoms with Crippen LogP contribution in [0.1, 0.15) is 12.8 Å². The van der Waals surface area contributed by atoms with Crippen molar-refractivity contribution in [2.24, 2.45) is 0 Å². The maximum absolute atomic E-state index is 12.3. The number of nitrogens with zero attached hydrogens (tertiary/aromatic N) is 3. The van der Waals surface area contributed by atoms with E-state index in [4.69, 9.17) is 4.52 Å². The number of hydrogen-bond donors (Lipinski definition) is 1. The van der Waals surface area contributed by atoms with E-state index in [1.54, 1.807) is 6.07 Å². The highest BCUT2D eigenvalue weighted by Crippen LogP contribution is 2.24. The summed E-state index contributed by atoms with van der Waals surface area (Å²) in [6.07, 6.45) is -3.01. The lowest BCUT2D eigenvalue weighted by Gasteiger charge is -2.09. The van der Waals surface area contributed by atoms with E-state index in [0.717, 1.165) is 30.0 Å². The van der Waals surface area contributed by atoms with Crippen LogP contribution in [0.4, 0.5) is 13.2 Å². The van der Waals surface area contributed by atoms with Crippen molar-refractivity contribution in [2.75, 3.05) is 0 Å². The van der Waals surface area contributed by atoms with Crippen molar-refractivity contribution >= 4 is 10.0 Å². The predicted molar refractivity (Wildman–Crippen MR) is 90.5 cm³/mol. The number of aromatic nitrogens is 3. The third-order valence-corrected chi connectivity index (χ3v) is 5.07. The summed E-state index contributed by atoms with van der Waals surface area (Å²) in [4.78, 5) is 3.91. The molecule has 0 fully saturated rings. The second-order valence-corrected chi connectivity index (χ2v) is 7.30. The van der Waals surface area contributed by atoms with Gasteiger partial charge in [-0.2, -0.15) is 4.98 Å². The van der Waals surface area contributed by atoms with E-state index in [9.17, 15) is 21.6 Å². The number of sulfonamides is 1. The molecule has 2 heterocycles. The molecule has 1 N–H and O–H groups in total. The van der Waals surface area contributed by atoms with E-state index in [1.165, 1.54) is 0 Å². The minimum Gasteiger partial charge on any atom is -0.406 e. The Labute approximate surface area is 158 Å². The van der Waals surface area contributed by atoms with E-state index >= 15 is 0 Å². The summed E-state index contributed by atoms with van der Waals surface area (Å²) in [5, 5.41) is 3.82. The van der Waals surface area contributed by atoms with Gasteiger partial charge in [-0.15, -0.1) is 13.2 Å². The van der Waals surface area contributed by atoms with Gasteiger partial charge in [0.25, 0.3) is 0 Å². The van der Waals surface area contributed by atoms with Crippen LogP contribution < -0.4 is 9.46 Å². The average molecular weight is 416 g/mol. The molecule has 3 aromatic rings. The van der Waals surface area contributed by atoms with Gasteiger partial charge < -0.3 is 13.8 Å². The smallest absolute Gasteiger partial charge is 0.406 e.